The first-order chi connectivity index (χ1) is 9.08. The van der Waals surface area contributed by atoms with E-state index in [9.17, 15) is 0 Å². The summed E-state index contributed by atoms with van der Waals surface area (Å²) in [6.45, 7) is 2.07. The molecule has 0 aliphatic heterocycles. The number of hydrogen-bond donors (Lipinski definition) is 1. The van der Waals surface area contributed by atoms with Crippen LogP contribution in [0.15, 0.2) is 40.9 Å². The van der Waals surface area contributed by atoms with Gasteiger partial charge in [0.2, 0.25) is 0 Å². The smallest absolute Gasteiger partial charge is 0.142 e. The maximum Gasteiger partial charge on any atom is 0.142 e. The number of nitrogen functional groups attached to an aromatic ring is 1. The lowest BCUT2D eigenvalue weighted by atomic mass is 10.1. The molecule has 3 aromatic rings. The van der Waals surface area contributed by atoms with Crippen LogP contribution in [0.25, 0.3) is 22.4 Å². The Morgan fingerprint density at radius 1 is 1.21 bits per heavy atom. The van der Waals surface area contributed by atoms with E-state index in [1.807, 2.05) is 25.2 Å². The molecule has 2 N–H and O–H groups in total. The second kappa shape index (κ2) is 4.38. The molecule has 2 aromatic carbocycles. The Bertz CT molecular complexity index is 774. The van der Waals surface area contributed by atoms with Gasteiger partial charge in [-0.15, -0.1) is 0 Å². The minimum atomic E-state index is 0.720. The quantitative estimate of drug-likeness (QED) is 0.692. The molecule has 1 aromatic heterocycles. The molecule has 0 saturated heterocycles. The number of aromatic nitrogens is 2. The standard InChI is InChI=1S/C15H14BrN3/c1-9-6-7-13-12(8-9)18-15(19(13)2)10-4-3-5-11(16)14(10)17/h3-8H,17H2,1-2H3. The predicted octanol–water partition coefficient (Wildman–Crippen LogP) is 3.89. The van der Waals surface area contributed by atoms with Gasteiger partial charge < -0.3 is 10.3 Å². The molecule has 3 rings (SSSR count). The van der Waals surface area contributed by atoms with E-state index in [1.54, 1.807) is 0 Å². The summed E-state index contributed by atoms with van der Waals surface area (Å²) in [5, 5.41) is 0. The fourth-order valence-corrected chi connectivity index (χ4v) is 2.65. The van der Waals surface area contributed by atoms with E-state index in [2.05, 4.69) is 45.6 Å². The lowest BCUT2D eigenvalue weighted by Crippen LogP contribution is -1.97. The number of fused-ring (bicyclic) bond motifs is 1. The first-order valence-electron chi connectivity index (χ1n) is 6.05. The first-order valence-corrected chi connectivity index (χ1v) is 6.84. The van der Waals surface area contributed by atoms with Crippen molar-refractivity contribution in [2.75, 3.05) is 5.73 Å². The molecule has 0 aliphatic carbocycles. The van der Waals surface area contributed by atoms with Crippen LogP contribution in [-0.2, 0) is 7.05 Å². The fourth-order valence-electron chi connectivity index (χ4n) is 2.28. The van der Waals surface area contributed by atoms with Gasteiger partial charge in [0.15, 0.2) is 0 Å². The van der Waals surface area contributed by atoms with E-state index in [0.717, 1.165) is 32.6 Å². The topological polar surface area (TPSA) is 43.8 Å². The van der Waals surface area contributed by atoms with Crippen molar-refractivity contribution in [3.63, 3.8) is 0 Å². The SMILES string of the molecule is Cc1ccc2c(c1)nc(-c1cccc(Br)c1N)n2C. The Hall–Kier alpha value is -1.81. The van der Waals surface area contributed by atoms with Gasteiger partial charge in [-0.1, -0.05) is 12.1 Å². The highest BCUT2D eigenvalue weighted by Gasteiger charge is 2.13. The van der Waals surface area contributed by atoms with Crippen molar-refractivity contribution in [2.45, 2.75) is 6.92 Å². The maximum atomic E-state index is 6.14. The third-order valence-electron chi connectivity index (χ3n) is 3.33. The zero-order chi connectivity index (χ0) is 13.6. The van der Waals surface area contributed by atoms with Gasteiger partial charge in [-0.25, -0.2) is 4.98 Å². The zero-order valence-corrected chi connectivity index (χ0v) is 12.4. The summed E-state index contributed by atoms with van der Waals surface area (Å²) in [5.41, 5.74) is 11.1. The van der Waals surface area contributed by atoms with Gasteiger partial charge in [0.05, 0.1) is 16.7 Å². The third kappa shape index (κ3) is 1.92. The van der Waals surface area contributed by atoms with Crippen molar-refractivity contribution in [3.8, 4) is 11.4 Å². The van der Waals surface area contributed by atoms with Crippen molar-refractivity contribution in [1.29, 1.82) is 0 Å². The molecule has 0 atom stereocenters. The minimum Gasteiger partial charge on any atom is -0.397 e. The average Bonchev–Trinajstić information content (AvgIpc) is 2.69. The van der Waals surface area contributed by atoms with E-state index < -0.39 is 0 Å². The summed E-state index contributed by atoms with van der Waals surface area (Å²) < 4.78 is 2.97. The molecule has 0 amide bonds. The number of rotatable bonds is 1. The number of anilines is 1. The molecule has 3 nitrogen and oxygen atoms in total. The van der Waals surface area contributed by atoms with Crippen molar-refractivity contribution < 1.29 is 0 Å². The number of nitrogens with zero attached hydrogens (tertiary/aromatic N) is 2. The van der Waals surface area contributed by atoms with Gasteiger partial charge in [-0.3, -0.25) is 0 Å². The monoisotopic (exact) mass is 315 g/mol. The molecule has 0 spiro atoms. The van der Waals surface area contributed by atoms with Crippen LogP contribution in [0.4, 0.5) is 5.69 Å². The fraction of sp³-hybridized carbons (Fsp3) is 0.133. The molecule has 4 heteroatoms. The van der Waals surface area contributed by atoms with Crippen LogP contribution < -0.4 is 5.73 Å². The zero-order valence-electron chi connectivity index (χ0n) is 10.8. The van der Waals surface area contributed by atoms with Crippen LogP contribution in [0.1, 0.15) is 5.56 Å². The van der Waals surface area contributed by atoms with E-state index in [1.165, 1.54) is 5.56 Å². The van der Waals surface area contributed by atoms with Crippen LogP contribution in [0.2, 0.25) is 0 Å². The Morgan fingerprint density at radius 2 is 2.00 bits per heavy atom. The molecular formula is C15H14BrN3. The molecular weight excluding hydrogens is 302 g/mol. The summed E-state index contributed by atoms with van der Waals surface area (Å²) in [7, 11) is 2.01. The van der Waals surface area contributed by atoms with Gasteiger partial charge >= 0.3 is 0 Å². The predicted molar refractivity (Wildman–Crippen MR) is 83.0 cm³/mol. The van der Waals surface area contributed by atoms with Crippen molar-refractivity contribution in [3.05, 3.63) is 46.4 Å². The number of nitrogens with two attached hydrogens (primary N) is 1. The second-order valence-electron chi connectivity index (χ2n) is 4.69. The largest absolute Gasteiger partial charge is 0.397 e. The Morgan fingerprint density at radius 3 is 2.79 bits per heavy atom. The summed E-state index contributed by atoms with van der Waals surface area (Å²) >= 11 is 3.46. The van der Waals surface area contributed by atoms with E-state index in [4.69, 9.17) is 10.7 Å². The Kier molecular flexibility index (Phi) is 2.82. The Labute approximate surface area is 120 Å². The number of hydrogen-bond acceptors (Lipinski definition) is 2. The van der Waals surface area contributed by atoms with Gasteiger partial charge in [-0.05, 0) is 52.7 Å². The van der Waals surface area contributed by atoms with Crippen LogP contribution in [0.3, 0.4) is 0 Å². The maximum absolute atomic E-state index is 6.14. The van der Waals surface area contributed by atoms with Gasteiger partial charge in [0.25, 0.3) is 0 Å². The normalized spacial score (nSPS) is 11.1. The highest BCUT2D eigenvalue weighted by atomic mass is 79.9. The minimum absolute atomic E-state index is 0.720. The summed E-state index contributed by atoms with van der Waals surface area (Å²) in [5.74, 6) is 0.888. The molecule has 96 valence electrons. The molecule has 19 heavy (non-hydrogen) atoms. The van der Waals surface area contributed by atoms with Crippen LogP contribution in [0.5, 0.6) is 0 Å². The van der Waals surface area contributed by atoms with Gasteiger partial charge in [-0.2, -0.15) is 0 Å². The average molecular weight is 316 g/mol. The Balaban J connectivity index is 2.31. The van der Waals surface area contributed by atoms with Crippen LogP contribution in [0, 0.1) is 6.92 Å². The van der Waals surface area contributed by atoms with Crippen LogP contribution >= 0.6 is 15.9 Å². The number of halogens is 1. The van der Waals surface area contributed by atoms with Crippen LogP contribution in [-0.4, -0.2) is 9.55 Å². The molecule has 0 radical (unpaired) electrons. The second-order valence-corrected chi connectivity index (χ2v) is 5.54. The summed E-state index contributed by atoms with van der Waals surface area (Å²) in [4.78, 5) is 4.71. The van der Waals surface area contributed by atoms with E-state index in [0.29, 0.717) is 0 Å². The van der Waals surface area contributed by atoms with E-state index in [-0.39, 0.29) is 0 Å². The third-order valence-corrected chi connectivity index (χ3v) is 4.02. The molecule has 0 fully saturated rings. The lowest BCUT2D eigenvalue weighted by molar-refractivity contribution is 0.959. The van der Waals surface area contributed by atoms with E-state index >= 15 is 0 Å². The number of aryl methyl sites for hydroxylation is 2. The molecule has 1 heterocycles. The highest BCUT2D eigenvalue weighted by molar-refractivity contribution is 9.10. The molecule has 0 saturated carbocycles. The highest BCUT2D eigenvalue weighted by Crippen LogP contribution is 2.32. The molecule has 0 unspecified atom stereocenters. The first kappa shape index (κ1) is 12.2. The number of benzene rings is 2. The van der Waals surface area contributed by atoms with Crippen molar-refractivity contribution >= 4 is 32.7 Å². The van der Waals surface area contributed by atoms with Crippen molar-refractivity contribution in [1.82, 2.24) is 9.55 Å². The lowest BCUT2D eigenvalue weighted by Gasteiger charge is -2.07. The number of para-hydroxylation sites is 1. The van der Waals surface area contributed by atoms with Gasteiger partial charge in [0, 0.05) is 17.1 Å². The van der Waals surface area contributed by atoms with Crippen molar-refractivity contribution in [2.24, 2.45) is 7.05 Å². The molecule has 0 bridgehead atoms. The molecule has 0 aliphatic rings. The summed E-state index contributed by atoms with van der Waals surface area (Å²) in [6, 6.07) is 12.2. The summed E-state index contributed by atoms with van der Waals surface area (Å²) in [6.07, 6.45) is 0. The van der Waals surface area contributed by atoms with Gasteiger partial charge in [0.1, 0.15) is 5.82 Å². The number of imidazole rings is 1.